The van der Waals surface area contributed by atoms with Gasteiger partial charge < -0.3 is 8.80 Å². The minimum absolute atomic E-state index is 1.28. The summed E-state index contributed by atoms with van der Waals surface area (Å²) in [5, 5.41) is 5.40. The van der Waals surface area contributed by atoms with Crippen molar-refractivity contribution < 1.29 is 0 Å². The highest BCUT2D eigenvalue weighted by atomic mass is 15.0. The van der Waals surface area contributed by atoms with Gasteiger partial charge >= 0.3 is 0 Å². The van der Waals surface area contributed by atoms with E-state index in [0.29, 0.717) is 0 Å². The zero-order valence-electron chi connectivity index (χ0n) is 15.8. The summed E-state index contributed by atoms with van der Waals surface area (Å²) in [6, 6.07) is 26.8. The number of nitrogens with zero attached hydrogens (tertiary/aromatic N) is 2. The number of fused-ring (bicyclic) bond motifs is 8. The number of aromatic nitrogens is 2. The van der Waals surface area contributed by atoms with Crippen LogP contribution in [0.2, 0.25) is 0 Å². The van der Waals surface area contributed by atoms with Crippen LogP contribution in [-0.4, -0.2) is 8.80 Å². The first kappa shape index (κ1) is 14.5. The molecule has 4 aromatic carbocycles. The lowest BCUT2D eigenvalue weighted by Crippen LogP contribution is -1.97. The minimum Gasteiger partial charge on any atom is -0.305 e. The van der Waals surface area contributed by atoms with Crippen LogP contribution in [0.3, 0.4) is 0 Å². The van der Waals surface area contributed by atoms with E-state index in [4.69, 9.17) is 0 Å². The third-order valence-corrected chi connectivity index (χ3v) is 6.49. The van der Waals surface area contributed by atoms with Gasteiger partial charge in [-0.3, -0.25) is 0 Å². The number of hydrogen-bond donors (Lipinski definition) is 0. The first-order valence-electron chi connectivity index (χ1n) is 9.82. The average molecular weight is 358 g/mol. The van der Waals surface area contributed by atoms with Crippen LogP contribution in [0.15, 0.2) is 72.8 Å². The van der Waals surface area contributed by atoms with E-state index in [1.165, 1.54) is 65.8 Å². The summed E-state index contributed by atoms with van der Waals surface area (Å²) in [6.07, 6.45) is 0. The summed E-state index contributed by atoms with van der Waals surface area (Å²) in [4.78, 5) is 0. The summed E-state index contributed by atoms with van der Waals surface area (Å²) in [6.45, 7) is 4.45. The Morgan fingerprint density at radius 1 is 0.464 bits per heavy atom. The van der Waals surface area contributed by atoms with Crippen molar-refractivity contribution in [3.05, 3.63) is 83.9 Å². The van der Waals surface area contributed by atoms with Crippen LogP contribution < -0.4 is 0 Å². The molecule has 0 aliphatic heterocycles. The molecule has 28 heavy (non-hydrogen) atoms. The van der Waals surface area contributed by atoms with Crippen molar-refractivity contribution in [3.8, 4) is 0 Å². The molecule has 3 aromatic heterocycles. The fourth-order valence-electron chi connectivity index (χ4n) is 5.36. The van der Waals surface area contributed by atoms with Gasteiger partial charge in [0.15, 0.2) is 0 Å². The van der Waals surface area contributed by atoms with Gasteiger partial charge in [0.1, 0.15) is 0 Å². The quantitative estimate of drug-likeness (QED) is 0.262. The normalized spacial score (nSPS) is 12.6. The lowest BCUT2D eigenvalue weighted by Gasteiger charge is -2.12. The molecule has 0 saturated carbocycles. The molecule has 0 unspecified atom stereocenters. The van der Waals surface area contributed by atoms with Crippen molar-refractivity contribution in [2.75, 3.05) is 0 Å². The second-order valence-corrected chi connectivity index (χ2v) is 7.96. The lowest BCUT2D eigenvalue weighted by molar-refractivity contribution is 1.25. The number of aryl methyl sites for hydroxylation is 2. The van der Waals surface area contributed by atoms with Crippen molar-refractivity contribution >= 4 is 54.6 Å². The maximum absolute atomic E-state index is 2.48. The highest BCUT2D eigenvalue weighted by Gasteiger charge is 2.21. The van der Waals surface area contributed by atoms with Crippen molar-refractivity contribution in [3.63, 3.8) is 0 Å². The molecule has 7 rings (SSSR count). The van der Waals surface area contributed by atoms with Crippen LogP contribution in [0.25, 0.3) is 54.6 Å². The number of hydrogen-bond acceptors (Lipinski definition) is 0. The lowest BCUT2D eigenvalue weighted by atomic mass is 10.1. The molecule has 7 aromatic rings. The van der Waals surface area contributed by atoms with Gasteiger partial charge in [-0.25, -0.2) is 0 Å². The van der Waals surface area contributed by atoms with E-state index in [1.54, 1.807) is 0 Å². The molecule has 2 nitrogen and oxygen atoms in total. The van der Waals surface area contributed by atoms with Crippen LogP contribution in [-0.2, 0) is 0 Å². The number of benzene rings is 4. The first-order valence-corrected chi connectivity index (χ1v) is 9.82. The van der Waals surface area contributed by atoms with Gasteiger partial charge in [0.2, 0.25) is 0 Å². The predicted octanol–water partition coefficient (Wildman–Crippen LogP) is 6.86. The summed E-state index contributed by atoms with van der Waals surface area (Å²) in [5.41, 5.74) is 10.4. The standard InChI is InChI=1S/C26H18N2/c1-15-11-13-21-25-23(15)17-7-3-5-9-19(17)27(25)22-14-12-16(2)24-18-8-4-6-10-20(18)28(21)26(22)24/h3-14H,1-2H3. The van der Waals surface area contributed by atoms with E-state index in [1.807, 2.05) is 0 Å². The largest absolute Gasteiger partial charge is 0.305 e. The number of para-hydroxylation sites is 2. The predicted molar refractivity (Wildman–Crippen MR) is 119 cm³/mol. The molecule has 132 valence electrons. The molecule has 0 bridgehead atoms. The monoisotopic (exact) mass is 358 g/mol. The molecule has 0 atom stereocenters. The third kappa shape index (κ3) is 1.45. The Bertz CT molecular complexity index is 1600. The second-order valence-electron chi connectivity index (χ2n) is 7.96. The van der Waals surface area contributed by atoms with Crippen LogP contribution in [0.4, 0.5) is 0 Å². The highest BCUT2D eigenvalue weighted by Crippen LogP contribution is 2.42. The Labute approximate surface area is 161 Å². The van der Waals surface area contributed by atoms with Gasteiger partial charge in [0.25, 0.3) is 0 Å². The van der Waals surface area contributed by atoms with Crippen molar-refractivity contribution in [1.82, 2.24) is 8.80 Å². The van der Waals surface area contributed by atoms with E-state index in [2.05, 4.69) is 95.4 Å². The summed E-state index contributed by atoms with van der Waals surface area (Å²) >= 11 is 0. The van der Waals surface area contributed by atoms with E-state index < -0.39 is 0 Å². The van der Waals surface area contributed by atoms with E-state index in [0.717, 1.165) is 0 Å². The molecule has 2 heteroatoms. The fraction of sp³-hybridized carbons (Fsp3) is 0.0769. The molecule has 0 saturated heterocycles. The molecule has 0 amide bonds. The van der Waals surface area contributed by atoms with Crippen LogP contribution >= 0.6 is 0 Å². The van der Waals surface area contributed by atoms with E-state index >= 15 is 0 Å². The molecule has 0 radical (unpaired) electrons. The van der Waals surface area contributed by atoms with Crippen molar-refractivity contribution in [2.45, 2.75) is 13.8 Å². The first-order chi connectivity index (χ1) is 13.8. The van der Waals surface area contributed by atoms with Gasteiger partial charge in [-0.15, -0.1) is 0 Å². The molecule has 0 fully saturated rings. The Morgan fingerprint density at radius 2 is 0.893 bits per heavy atom. The average Bonchev–Trinajstić information content (AvgIpc) is 3.25. The van der Waals surface area contributed by atoms with Gasteiger partial charge in [-0.2, -0.15) is 0 Å². The second kappa shape index (κ2) is 4.66. The Kier molecular flexibility index (Phi) is 2.42. The molecular formula is C26H18N2. The summed E-state index contributed by atoms with van der Waals surface area (Å²) < 4.78 is 4.96. The third-order valence-electron chi connectivity index (χ3n) is 6.49. The fourth-order valence-corrected chi connectivity index (χ4v) is 5.36. The van der Waals surface area contributed by atoms with E-state index in [9.17, 15) is 0 Å². The van der Waals surface area contributed by atoms with E-state index in [-0.39, 0.29) is 0 Å². The Balaban J connectivity index is 2.01. The Morgan fingerprint density at radius 3 is 1.36 bits per heavy atom. The molecule has 0 aliphatic carbocycles. The molecule has 0 aliphatic rings. The van der Waals surface area contributed by atoms with Gasteiger partial charge in [-0.05, 0) is 49.2 Å². The topological polar surface area (TPSA) is 8.82 Å². The maximum atomic E-state index is 2.48. The molecule has 0 spiro atoms. The maximum Gasteiger partial charge on any atom is 0.0785 e. The van der Waals surface area contributed by atoms with Gasteiger partial charge in [0.05, 0.1) is 33.1 Å². The SMILES string of the molecule is Cc1ccc2c3c1c1ccccc1n3c1ccc(C)c3c4ccccc4n2c31. The van der Waals surface area contributed by atoms with Crippen LogP contribution in [0.1, 0.15) is 11.1 Å². The van der Waals surface area contributed by atoms with Crippen LogP contribution in [0.5, 0.6) is 0 Å². The minimum atomic E-state index is 1.28. The molecule has 3 heterocycles. The van der Waals surface area contributed by atoms with Crippen molar-refractivity contribution in [1.29, 1.82) is 0 Å². The number of rotatable bonds is 0. The molecule has 0 N–H and O–H groups in total. The summed E-state index contributed by atoms with van der Waals surface area (Å²) in [7, 11) is 0. The van der Waals surface area contributed by atoms with Crippen LogP contribution in [0, 0.1) is 13.8 Å². The zero-order chi connectivity index (χ0) is 18.6. The summed E-state index contributed by atoms with van der Waals surface area (Å²) in [5.74, 6) is 0. The van der Waals surface area contributed by atoms with Crippen molar-refractivity contribution in [2.24, 2.45) is 0 Å². The Hall–Kier alpha value is -3.52. The van der Waals surface area contributed by atoms with Gasteiger partial charge in [0, 0.05) is 21.5 Å². The highest BCUT2D eigenvalue weighted by molar-refractivity contribution is 6.22. The smallest absolute Gasteiger partial charge is 0.0785 e. The molecular weight excluding hydrogens is 340 g/mol. The zero-order valence-corrected chi connectivity index (χ0v) is 15.8. The van der Waals surface area contributed by atoms with Gasteiger partial charge in [-0.1, -0.05) is 48.5 Å².